The molecule has 2 atom stereocenters. The van der Waals surface area contributed by atoms with Crippen molar-refractivity contribution in [3.8, 4) is 0 Å². The fourth-order valence-corrected chi connectivity index (χ4v) is 2.97. The lowest BCUT2D eigenvalue weighted by Crippen LogP contribution is -2.32. The van der Waals surface area contributed by atoms with E-state index in [0.29, 0.717) is 11.4 Å². The van der Waals surface area contributed by atoms with Crippen molar-refractivity contribution in [2.45, 2.75) is 32.9 Å². The number of amides is 4. The van der Waals surface area contributed by atoms with Gasteiger partial charge in [-0.25, -0.2) is 9.59 Å². The molecule has 3 rings (SSSR count). The summed E-state index contributed by atoms with van der Waals surface area (Å²) in [7, 11) is 0. The Balaban J connectivity index is 1.59. The SMILES string of the molecule is Cc1ccc(NC(=O)N[C@H](C)c2ccccn2)cc1NC(=O)N[C@@H](C)c1ccccn1. The molecular weight excluding hydrogens is 392 g/mol. The van der Waals surface area contributed by atoms with Gasteiger partial charge in [-0.2, -0.15) is 0 Å². The van der Waals surface area contributed by atoms with Crippen LogP contribution in [0.5, 0.6) is 0 Å². The number of pyridine rings is 2. The second-order valence-corrected chi connectivity index (χ2v) is 7.18. The third kappa shape index (κ3) is 6.27. The number of anilines is 2. The molecule has 0 bridgehead atoms. The summed E-state index contributed by atoms with van der Waals surface area (Å²) in [5.41, 5.74) is 3.56. The lowest BCUT2D eigenvalue weighted by Gasteiger charge is -2.17. The summed E-state index contributed by atoms with van der Waals surface area (Å²) in [6, 6.07) is 15.2. The second kappa shape index (κ2) is 10.2. The van der Waals surface area contributed by atoms with Crippen molar-refractivity contribution in [2.75, 3.05) is 10.6 Å². The first-order valence-electron chi connectivity index (χ1n) is 10.00. The van der Waals surface area contributed by atoms with Crippen molar-refractivity contribution in [2.24, 2.45) is 0 Å². The number of rotatable bonds is 6. The van der Waals surface area contributed by atoms with Crippen LogP contribution in [0.15, 0.2) is 67.0 Å². The Hall–Kier alpha value is -3.94. The highest BCUT2D eigenvalue weighted by Gasteiger charge is 2.13. The number of aryl methyl sites for hydroxylation is 1. The van der Waals surface area contributed by atoms with Gasteiger partial charge < -0.3 is 21.3 Å². The molecule has 31 heavy (non-hydrogen) atoms. The molecule has 0 aliphatic rings. The van der Waals surface area contributed by atoms with Crippen molar-refractivity contribution in [3.05, 3.63) is 83.9 Å². The number of nitrogens with one attached hydrogen (secondary N) is 4. The van der Waals surface area contributed by atoms with Crippen molar-refractivity contribution in [1.82, 2.24) is 20.6 Å². The van der Waals surface area contributed by atoms with E-state index in [0.717, 1.165) is 17.0 Å². The molecule has 2 aromatic heterocycles. The number of hydrogen-bond acceptors (Lipinski definition) is 4. The quantitative estimate of drug-likeness (QED) is 0.471. The standard InChI is InChI=1S/C23H26N6O2/c1-15-10-11-18(28-22(30)26-16(2)19-8-4-6-12-24-19)14-21(15)29-23(31)27-17(3)20-9-5-7-13-25-20/h4-14,16-17H,1-3H3,(H2,26,28,30)(H2,27,29,31)/t16-,17+/m1/s1. The molecule has 0 aliphatic heterocycles. The van der Waals surface area contributed by atoms with Gasteiger partial charge in [0.1, 0.15) is 0 Å². The summed E-state index contributed by atoms with van der Waals surface area (Å²) in [6.45, 7) is 5.60. The summed E-state index contributed by atoms with van der Waals surface area (Å²) in [4.78, 5) is 33.3. The molecular formula is C23H26N6O2. The Morgan fingerprint density at radius 1 is 0.774 bits per heavy atom. The molecule has 0 unspecified atom stereocenters. The normalized spacial score (nSPS) is 12.4. The zero-order chi connectivity index (χ0) is 22.2. The van der Waals surface area contributed by atoms with E-state index in [1.807, 2.05) is 63.2 Å². The number of hydrogen-bond donors (Lipinski definition) is 4. The highest BCUT2D eigenvalue weighted by molar-refractivity contribution is 5.93. The van der Waals surface area contributed by atoms with Crippen LogP contribution in [-0.2, 0) is 0 Å². The van der Waals surface area contributed by atoms with Crippen LogP contribution in [0.2, 0.25) is 0 Å². The molecule has 0 radical (unpaired) electrons. The van der Waals surface area contributed by atoms with Gasteiger partial charge in [-0.3, -0.25) is 9.97 Å². The molecule has 3 aromatic rings. The fourth-order valence-electron chi connectivity index (χ4n) is 2.97. The van der Waals surface area contributed by atoms with E-state index in [-0.39, 0.29) is 24.1 Å². The number of urea groups is 2. The van der Waals surface area contributed by atoms with Gasteiger partial charge in [0.05, 0.1) is 23.5 Å². The Labute approximate surface area is 181 Å². The lowest BCUT2D eigenvalue weighted by molar-refractivity contribution is 0.248. The van der Waals surface area contributed by atoms with Gasteiger partial charge in [-0.05, 0) is 62.7 Å². The number of benzene rings is 1. The molecule has 4 N–H and O–H groups in total. The van der Waals surface area contributed by atoms with Crippen LogP contribution in [0.3, 0.4) is 0 Å². The summed E-state index contributed by atoms with van der Waals surface area (Å²) in [6.07, 6.45) is 3.37. The third-order valence-electron chi connectivity index (χ3n) is 4.70. The van der Waals surface area contributed by atoms with Crippen LogP contribution < -0.4 is 21.3 Å². The third-order valence-corrected chi connectivity index (χ3v) is 4.70. The molecule has 160 valence electrons. The van der Waals surface area contributed by atoms with E-state index in [1.54, 1.807) is 24.5 Å². The van der Waals surface area contributed by atoms with E-state index in [9.17, 15) is 9.59 Å². The molecule has 0 saturated heterocycles. The first-order chi connectivity index (χ1) is 14.9. The van der Waals surface area contributed by atoms with Gasteiger partial charge in [-0.1, -0.05) is 18.2 Å². The van der Waals surface area contributed by atoms with E-state index in [2.05, 4.69) is 31.2 Å². The van der Waals surface area contributed by atoms with Crippen LogP contribution in [0.4, 0.5) is 21.0 Å². The van der Waals surface area contributed by atoms with Gasteiger partial charge in [0.25, 0.3) is 0 Å². The monoisotopic (exact) mass is 418 g/mol. The molecule has 8 heteroatoms. The predicted octanol–water partition coefficient (Wildman–Crippen LogP) is 4.55. The maximum absolute atomic E-state index is 12.4. The zero-order valence-electron chi connectivity index (χ0n) is 17.7. The van der Waals surface area contributed by atoms with Crippen LogP contribution >= 0.6 is 0 Å². The molecule has 0 aliphatic carbocycles. The maximum Gasteiger partial charge on any atom is 0.319 e. The van der Waals surface area contributed by atoms with Crippen molar-refractivity contribution in [3.63, 3.8) is 0 Å². The van der Waals surface area contributed by atoms with Crippen LogP contribution in [0, 0.1) is 6.92 Å². The molecule has 0 saturated carbocycles. The molecule has 0 fully saturated rings. The average Bonchev–Trinajstić information content (AvgIpc) is 2.77. The smallest absolute Gasteiger partial charge is 0.319 e. The minimum atomic E-state index is -0.360. The number of carbonyl (C=O) groups is 2. The van der Waals surface area contributed by atoms with Gasteiger partial charge >= 0.3 is 12.1 Å². The number of aromatic nitrogens is 2. The largest absolute Gasteiger partial charge is 0.330 e. The van der Waals surface area contributed by atoms with Crippen LogP contribution in [0.25, 0.3) is 0 Å². The fraction of sp³-hybridized carbons (Fsp3) is 0.217. The first kappa shape index (κ1) is 21.8. The predicted molar refractivity (Wildman–Crippen MR) is 121 cm³/mol. The van der Waals surface area contributed by atoms with Crippen LogP contribution in [-0.4, -0.2) is 22.0 Å². The second-order valence-electron chi connectivity index (χ2n) is 7.18. The summed E-state index contributed by atoms with van der Waals surface area (Å²) in [5, 5.41) is 11.3. The minimum Gasteiger partial charge on any atom is -0.330 e. The molecule has 0 spiro atoms. The average molecular weight is 419 g/mol. The van der Waals surface area contributed by atoms with E-state index in [4.69, 9.17) is 0 Å². The summed E-state index contributed by atoms with van der Waals surface area (Å²) in [5.74, 6) is 0. The highest BCUT2D eigenvalue weighted by atomic mass is 16.2. The lowest BCUT2D eigenvalue weighted by atomic mass is 10.1. The molecule has 1 aromatic carbocycles. The first-order valence-corrected chi connectivity index (χ1v) is 10.00. The van der Waals surface area contributed by atoms with Crippen LogP contribution in [0.1, 0.15) is 42.9 Å². The maximum atomic E-state index is 12.4. The molecule has 4 amide bonds. The summed E-state index contributed by atoms with van der Waals surface area (Å²) < 4.78 is 0. The van der Waals surface area contributed by atoms with Gasteiger partial charge in [0.2, 0.25) is 0 Å². The zero-order valence-corrected chi connectivity index (χ0v) is 17.7. The van der Waals surface area contributed by atoms with Crippen molar-refractivity contribution in [1.29, 1.82) is 0 Å². The highest BCUT2D eigenvalue weighted by Crippen LogP contribution is 2.21. The topological polar surface area (TPSA) is 108 Å². The number of nitrogens with zero attached hydrogens (tertiary/aromatic N) is 2. The molecule has 2 heterocycles. The molecule has 8 nitrogen and oxygen atoms in total. The number of carbonyl (C=O) groups excluding carboxylic acids is 2. The Morgan fingerprint density at radius 3 is 1.84 bits per heavy atom. The Kier molecular flexibility index (Phi) is 7.16. The van der Waals surface area contributed by atoms with E-state index >= 15 is 0 Å². The van der Waals surface area contributed by atoms with Gasteiger partial charge in [0, 0.05) is 23.8 Å². The Bertz CT molecular complexity index is 1030. The van der Waals surface area contributed by atoms with Crippen molar-refractivity contribution >= 4 is 23.4 Å². The van der Waals surface area contributed by atoms with Crippen molar-refractivity contribution < 1.29 is 9.59 Å². The van der Waals surface area contributed by atoms with E-state index < -0.39 is 0 Å². The Morgan fingerprint density at radius 2 is 1.32 bits per heavy atom. The minimum absolute atomic E-state index is 0.247. The van der Waals surface area contributed by atoms with E-state index in [1.165, 1.54) is 0 Å². The van der Waals surface area contributed by atoms with Gasteiger partial charge in [0.15, 0.2) is 0 Å². The van der Waals surface area contributed by atoms with Gasteiger partial charge in [-0.15, -0.1) is 0 Å². The summed E-state index contributed by atoms with van der Waals surface area (Å²) >= 11 is 0.